The molecule has 0 fully saturated rings. The Morgan fingerprint density at radius 3 is 1.95 bits per heavy atom. The Labute approximate surface area is 121 Å². The molecule has 108 valence electrons. The predicted octanol–water partition coefficient (Wildman–Crippen LogP) is 2.31. The number of anilines is 2. The van der Waals surface area contributed by atoms with Gasteiger partial charge in [-0.15, -0.1) is 0 Å². The molecule has 0 aliphatic heterocycles. The number of phenolic OH excluding ortho intramolecular Hbond substituents is 2. The van der Waals surface area contributed by atoms with E-state index in [9.17, 15) is 19.8 Å². The zero-order valence-electron chi connectivity index (χ0n) is 11.3. The lowest BCUT2D eigenvalue weighted by Gasteiger charge is -2.07. The summed E-state index contributed by atoms with van der Waals surface area (Å²) in [7, 11) is 0. The number of nitrogens with one attached hydrogen (secondary N) is 2. The molecule has 0 unspecified atom stereocenters. The van der Waals surface area contributed by atoms with Gasteiger partial charge in [-0.2, -0.15) is 0 Å². The van der Waals surface area contributed by atoms with Crippen LogP contribution in [0.4, 0.5) is 11.4 Å². The van der Waals surface area contributed by atoms with E-state index in [1.165, 1.54) is 25.1 Å². The topological polar surface area (TPSA) is 98.7 Å². The molecular weight excluding hydrogens is 272 g/mol. The first-order valence-electron chi connectivity index (χ1n) is 6.16. The van der Waals surface area contributed by atoms with E-state index >= 15 is 0 Å². The maximum absolute atomic E-state index is 12.0. The van der Waals surface area contributed by atoms with Crippen molar-refractivity contribution in [3.05, 3.63) is 48.0 Å². The van der Waals surface area contributed by atoms with Crippen molar-refractivity contribution in [2.45, 2.75) is 6.92 Å². The fourth-order valence-electron chi connectivity index (χ4n) is 1.71. The highest BCUT2D eigenvalue weighted by molar-refractivity contribution is 6.04. The van der Waals surface area contributed by atoms with Gasteiger partial charge < -0.3 is 20.8 Å². The Morgan fingerprint density at radius 1 is 0.857 bits per heavy atom. The minimum Gasteiger partial charge on any atom is -0.504 e. The molecule has 2 rings (SSSR count). The Hall–Kier alpha value is -3.02. The van der Waals surface area contributed by atoms with Crippen molar-refractivity contribution >= 4 is 23.2 Å². The summed E-state index contributed by atoms with van der Waals surface area (Å²) >= 11 is 0. The Morgan fingerprint density at radius 2 is 1.43 bits per heavy atom. The fraction of sp³-hybridized carbons (Fsp3) is 0.0667. The summed E-state index contributed by atoms with van der Waals surface area (Å²) < 4.78 is 0. The lowest BCUT2D eigenvalue weighted by molar-refractivity contribution is -0.114. The quantitative estimate of drug-likeness (QED) is 0.651. The van der Waals surface area contributed by atoms with Crippen molar-refractivity contribution in [3.8, 4) is 11.5 Å². The van der Waals surface area contributed by atoms with Gasteiger partial charge in [-0.05, 0) is 42.5 Å². The lowest BCUT2D eigenvalue weighted by atomic mass is 10.2. The van der Waals surface area contributed by atoms with Crippen LogP contribution in [0.15, 0.2) is 42.5 Å². The Balaban J connectivity index is 2.08. The molecule has 6 nitrogen and oxygen atoms in total. The number of rotatable bonds is 3. The van der Waals surface area contributed by atoms with Crippen molar-refractivity contribution in [2.75, 3.05) is 10.6 Å². The molecule has 0 heterocycles. The van der Waals surface area contributed by atoms with Crippen LogP contribution in [0.3, 0.4) is 0 Å². The molecule has 0 spiro atoms. The molecular formula is C15H14N2O4. The van der Waals surface area contributed by atoms with E-state index in [4.69, 9.17) is 0 Å². The summed E-state index contributed by atoms with van der Waals surface area (Å²) in [5.41, 5.74) is 1.39. The average Bonchev–Trinajstić information content (AvgIpc) is 2.43. The highest BCUT2D eigenvalue weighted by atomic mass is 16.3. The van der Waals surface area contributed by atoms with Gasteiger partial charge in [0.15, 0.2) is 11.5 Å². The van der Waals surface area contributed by atoms with Crippen LogP contribution < -0.4 is 10.6 Å². The van der Waals surface area contributed by atoms with Gasteiger partial charge in [0, 0.05) is 23.9 Å². The van der Waals surface area contributed by atoms with E-state index in [0.29, 0.717) is 11.4 Å². The molecule has 2 aromatic carbocycles. The van der Waals surface area contributed by atoms with Crippen LogP contribution in [0.5, 0.6) is 11.5 Å². The van der Waals surface area contributed by atoms with Gasteiger partial charge in [0.2, 0.25) is 5.91 Å². The number of aromatic hydroxyl groups is 2. The maximum atomic E-state index is 12.0. The predicted molar refractivity (Wildman–Crippen MR) is 78.5 cm³/mol. The molecule has 0 saturated carbocycles. The van der Waals surface area contributed by atoms with Gasteiger partial charge in [0.25, 0.3) is 5.91 Å². The minimum atomic E-state index is -0.419. The molecule has 0 aliphatic rings. The summed E-state index contributed by atoms with van der Waals surface area (Å²) in [5.74, 6) is -1.24. The van der Waals surface area contributed by atoms with Crippen LogP contribution in [0, 0.1) is 0 Å². The highest BCUT2D eigenvalue weighted by Gasteiger charge is 2.09. The summed E-state index contributed by atoms with van der Waals surface area (Å²) in [5, 5.41) is 23.8. The highest BCUT2D eigenvalue weighted by Crippen LogP contribution is 2.25. The largest absolute Gasteiger partial charge is 0.504 e. The normalized spacial score (nSPS) is 9.95. The molecule has 0 aromatic heterocycles. The van der Waals surface area contributed by atoms with Gasteiger partial charge in [0.1, 0.15) is 0 Å². The minimum absolute atomic E-state index is 0.175. The molecule has 21 heavy (non-hydrogen) atoms. The molecule has 2 aromatic rings. The van der Waals surface area contributed by atoms with E-state index in [0.717, 1.165) is 0 Å². The van der Waals surface area contributed by atoms with Crippen LogP contribution in [0.2, 0.25) is 0 Å². The van der Waals surface area contributed by atoms with E-state index in [2.05, 4.69) is 10.6 Å². The van der Waals surface area contributed by atoms with Crippen LogP contribution in [0.25, 0.3) is 0 Å². The fourth-order valence-corrected chi connectivity index (χ4v) is 1.71. The van der Waals surface area contributed by atoms with E-state index in [1.807, 2.05) is 0 Å². The second kappa shape index (κ2) is 5.96. The number of phenols is 2. The Bertz CT molecular complexity index is 681. The average molecular weight is 286 g/mol. The zero-order chi connectivity index (χ0) is 15.4. The van der Waals surface area contributed by atoms with Crippen molar-refractivity contribution in [1.29, 1.82) is 0 Å². The SMILES string of the molecule is CC(=O)Nc1ccc(NC(=O)c2ccc(O)c(O)c2)cc1. The van der Waals surface area contributed by atoms with Gasteiger partial charge >= 0.3 is 0 Å². The number of carbonyl (C=O) groups is 2. The second-order valence-electron chi connectivity index (χ2n) is 4.42. The second-order valence-corrected chi connectivity index (χ2v) is 4.42. The van der Waals surface area contributed by atoms with Gasteiger partial charge in [0.05, 0.1) is 0 Å². The van der Waals surface area contributed by atoms with Crippen molar-refractivity contribution < 1.29 is 19.8 Å². The van der Waals surface area contributed by atoms with Gasteiger partial charge in [-0.3, -0.25) is 9.59 Å². The Kier molecular flexibility index (Phi) is 4.08. The third-order valence-electron chi connectivity index (χ3n) is 2.70. The lowest BCUT2D eigenvalue weighted by Crippen LogP contribution is -2.12. The van der Waals surface area contributed by atoms with Crippen LogP contribution in [0.1, 0.15) is 17.3 Å². The first-order chi connectivity index (χ1) is 9.95. The standard InChI is InChI=1S/C15H14N2O4/c1-9(18)16-11-3-5-12(6-4-11)17-15(21)10-2-7-13(19)14(20)8-10/h2-8,19-20H,1H3,(H,16,18)(H,17,21). The number of hydrogen-bond donors (Lipinski definition) is 4. The van der Waals surface area contributed by atoms with Gasteiger partial charge in [-0.1, -0.05) is 0 Å². The molecule has 0 bridgehead atoms. The molecule has 2 amide bonds. The molecule has 0 saturated heterocycles. The van der Waals surface area contributed by atoms with E-state index < -0.39 is 5.91 Å². The number of hydrogen-bond acceptors (Lipinski definition) is 4. The van der Waals surface area contributed by atoms with E-state index in [-0.39, 0.29) is 23.0 Å². The zero-order valence-corrected chi connectivity index (χ0v) is 11.3. The molecule has 4 N–H and O–H groups in total. The summed E-state index contributed by atoms with van der Waals surface area (Å²) in [4.78, 5) is 22.9. The van der Waals surface area contributed by atoms with Crippen molar-refractivity contribution in [1.82, 2.24) is 0 Å². The van der Waals surface area contributed by atoms with Crippen LogP contribution in [-0.4, -0.2) is 22.0 Å². The third-order valence-corrected chi connectivity index (χ3v) is 2.70. The maximum Gasteiger partial charge on any atom is 0.255 e. The first kappa shape index (κ1) is 14.4. The molecule has 0 radical (unpaired) electrons. The van der Waals surface area contributed by atoms with Crippen molar-refractivity contribution in [3.63, 3.8) is 0 Å². The van der Waals surface area contributed by atoms with Crippen molar-refractivity contribution in [2.24, 2.45) is 0 Å². The number of carbonyl (C=O) groups excluding carboxylic acids is 2. The van der Waals surface area contributed by atoms with E-state index in [1.54, 1.807) is 24.3 Å². The first-order valence-corrected chi connectivity index (χ1v) is 6.16. The smallest absolute Gasteiger partial charge is 0.255 e. The van der Waals surface area contributed by atoms with Crippen LogP contribution >= 0.6 is 0 Å². The molecule has 0 aliphatic carbocycles. The number of benzene rings is 2. The third kappa shape index (κ3) is 3.73. The summed E-state index contributed by atoms with van der Waals surface area (Å²) in [6, 6.07) is 10.4. The van der Waals surface area contributed by atoms with Gasteiger partial charge in [-0.25, -0.2) is 0 Å². The summed E-state index contributed by atoms with van der Waals surface area (Å²) in [6.07, 6.45) is 0. The molecule has 0 atom stereocenters. The summed E-state index contributed by atoms with van der Waals surface area (Å²) in [6.45, 7) is 1.41. The number of amides is 2. The van der Waals surface area contributed by atoms with Crippen LogP contribution in [-0.2, 0) is 4.79 Å². The monoisotopic (exact) mass is 286 g/mol. The molecule has 6 heteroatoms.